The van der Waals surface area contributed by atoms with Gasteiger partial charge in [0.05, 0.1) is 17.5 Å². The molecule has 0 unspecified atom stereocenters. The van der Waals surface area contributed by atoms with Gasteiger partial charge < -0.3 is 15.0 Å². The van der Waals surface area contributed by atoms with E-state index in [0.29, 0.717) is 42.4 Å². The van der Waals surface area contributed by atoms with Crippen LogP contribution in [-0.4, -0.2) is 52.5 Å². The van der Waals surface area contributed by atoms with E-state index in [-0.39, 0.29) is 11.2 Å². The molecular formula is C28H28FN5O2S. The Hall–Kier alpha value is -3.46. The number of hydrogen-bond donors (Lipinski definition) is 1. The van der Waals surface area contributed by atoms with E-state index >= 15 is 4.39 Å². The van der Waals surface area contributed by atoms with Gasteiger partial charge in [0, 0.05) is 24.8 Å². The van der Waals surface area contributed by atoms with Crippen LogP contribution in [0.4, 0.5) is 15.0 Å². The number of carbonyl (C=O) groups excluding carboxylic acids is 1. The highest BCUT2D eigenvalue weighted by molar-refractivity contribution is 7.98. The molecule has 0 radical (unpaired) electrons. The number of piperidine rings is 1. The van der Waals surface area contributed by atoms with Crippen LogP contribution in [0.25, 0.3) is 32.9 Å². The first-order valence-corrected chi connectivity index (χ1v) is 13.8. The predicted molar refractivity (Wildman–Crippen MR) is 145 cm³/mol. The number of carbonyl (C=O) groups is 1. The van der Waals surface area contributed by atoms with E-state index in [0.717, 1.165) is 41.3 Å². The molecule has 1 fully saturated rings. The highest BCUT2D eigenvalue weighted by Crippen LogP contribution is 2.37. The predicted octanol–water partition coefficient (Wildman–Crippen LogP) is 5.74. The Kier molecular flexibility index (Phi) is 6.10. The second-order valence-electron chi connectivity index (χ2n) is 9.99. The first-order valence-electron chi connectivity index (χ1n) is 12.6. The van der Waals surface area contributed by atoms with Crippen LogP contribution >= 0.6 is 11.8 Å². The van der Waals surface area contributed by atoms with Gasteiger partial charge in [0.15, 0.2) is 11.0 Å². The van der Waals surface area contributed by atoms with Crippen molar-refractivity contribution in [1.82, 2.24) is 20.3 Å². The van der Waals surface area contributed by atoms with Gasteiger partial charge >= 0.3 is 6.09 Å². The number of benzene rings is 2. The molecule has 1 amide bonds. The van der Waals surface area contributed by atoms with Crippen LogP contribution in [0.3, 0.4) is 0 Å². The topological polar surface area (TPSA) is 80.2 Å². The Labute approximate surface area is 218 Å². The van der Waals surface area contributed by atoms with Crippen LogP contribution in [0.15, 0.2) is 47.8 Å². The lowest BCUT2D eigenvalue weighted by Gasteiger charge is -2.41. The summed E-state index contributed by atoms with van der Waals surface area (Å²) in [5.41, 5.74) is 1.83. The van der Waals surface area contributed by atoms with Crippen molar-refractivity contribution in [1.29, 1.82) is 0 Å². The van der Waals surface area contributed by atoms with Gasteiger partial charge in [-0.2, -0.15) is 0 Å². The van der Waals surface area contributed by atoms with Crippen LogP contribution in [0.1, 0.15) is 31.7 Å². The Morgan fingerprint density at radius 2 is 2.00 bits per heavy atom. The fourth-order valence-electron chi connectivity index (χ4n) is 5.60. The van der Waals surface area contributed by atoms with Crippen molar-refractivity contribution in [2.75, 3.05) is 30.9 Å². The molecule has 6 bridgehead atoms. The van der Waals surface area contributed by atoms with Gasteiger partial charge in [-0.25, -0.2) is 19.2 Å². The van der Waals surface area contributed by atoms with Gasteiger partial charge in [0.2, 0.25) is 0 Å². The molecule has 0 aliphatic carbocycles. The number of nitrogens with zero attached hydrogens (tertiary/aromatic N) is 4. The summed E-state index contributed by atoms with van der Waals surface area (Å²) in [5.74, 6) is 0.191. The third kappa shape index (κ3) is 4.35. The van der Waals surface area contributed by atoms with Crippen molar-refractivity contribution >= 4 is 45.3 Å². The maximum Gasteiger partial charge on any atom is 0.407 e. The van der Waals surface area contributed by atoms with Gasteiger partial charge in [-0.15, -0.1) is 0 Å². The minimum Gasteiger partial charge on any atom is -0.450 e. The maximum absolute atomic E-state index is 16.4. The number of aryl methyl sites for hydroxylation is 1. The van der Waals surface area contributed by atoms with Crippen LogP contribution in [0.2, 0.25) is 0 Å². The number of amides is 1. The van der Waals surface area contributed by atoms with Crippen LogP contribution in [-0.2, 0) is 11.2 Å². The third-order valence-electron chi connectivity index (χ3n) is 7.30. The molecule has 3 aliphatic rings. The van der Waals surface area contributed by atoms with Gasteiger partial charge in [-0.05, 0) is 55.2 Å². The van der Waals surface area contributed by atoms with Crippen molar-refractivity contribution in [2.45, 2.75) is 43.3 Å². The normalized spacial score (nSPS) is 20.2. The second kappa shape index (κ2) is 9.45. The lowest BCUT2D eigenvalue weighted by molar-refractivity contribution is 0.130. The monoisotopic (exact) mass is 517 g/mol. The molecule has 2 aromatic carbocycles. The fraction of sp³-hybridized carbons (Fsp3) is 0.357. The van der Waals surface area contributed by atoms with Gasteiger partial charge in [0.25, 0.3) is 0 Å². The summed E-state index contributed by atoms with van der Waals surface area (Å²) in [5, 5.41) is 6.10. The fourth-order valence-corrected chi connectivity index (χ4v) is 5.96. The number of aromatic nitrogens is 3. The summed E-state index contributed by atoms with van der Waals surface area (Å²) in [6, 6.07) is 11.9. The highest BCUT2D eigenvalue weighted by Gasteiger charge is 2.35. The Morgan fingerprint density at radius 1 is 1.16 bits per heavy atom. The number of nitrogens with one attached hydrogen (secondary N) is 1. The average Bonchev–Trinajstić information content (AvgIpc) is 2.90. The first-order chi connectivity index (χ1) is 18.0. The number of ether oxygens (including phenoxy) is 1. The summed E-state index contributed by atoms with van der Waals surface area (Å²) in [6.07, 6.45) is 6.16. The van der Waals surface area contributed by atoms with Crippen molar-refractivity contribution in [3.63, 3.8) is 0 Å². The van der Waals surface area contributed by atoms with Crippen molar-refractivity contribution in [2.24, 2.45) is 0 Å². The van der Waals surface area contributed by atoms with Gasteiger partial charge in [0.1, 0.15) is 17.0 Å². The van der Waals surface area contributed by atoms with Crippen LogP contribution in [0.5, 0.6) is 0 Å². The van der Waals surface area contributed by atoms with E-state index in [4.69, 9.17) is 9.72 Å². The summed E-state index contributed by atoms with van der Waals surface area (Å²) < 4.78 is 21.9. The Bertz CT molecular complexity index is 1520. The van der Waals surface area contributed by atoms with Gasteiger partial charge in [-0.3, -0.25) is 4.98 Å². The number of rotatable bonds is 1. The Morgan fingerprint density at radius 3 is 2.84 bits per heavy atom. The lowest BCUT2D eigenvalue weighted by atomic mass is 9.91. The smallest absolute Gasteiger partial charge is 0.407 e. The summed E-state index contributed by atoms with van der Waals surface area (Å²) >= 11 is 1.38. The zero-order chi connectivity index (χ0) is 25.6. The molecule has 0 saturated carbocycles. The average molecular weight is 518 g/mol. The van der Waals surface area contributed by atoms with Crippen LogP contribution in [0, 0.1) is 5.82 Å². The standard InChI is InChI=1S/C28H28FN5O2S/c1-28-12-6-13-34(16-28)25-20-15-30-23(22(29)24(20)31-26(32-25)37-2)19-11-4-9-17-7-3-8-18(21(17)19)10-5-14-36-27(35)33-28/h3-4,7-9,11,15H,5-6,10,12-14,16H2,1-2H3,(H,33,35)/t28-/m1/s1. The number of hydrogen-bond acceptors (Lipinski definition) is 7. The number of alkyl carbamates (subject to hydrolysis) is 1. The van der Waals surface area contributed by atoms with Crippen LogP contribution < -0.4 is 10.2 Å². The molecule has 5 heterocycles. The number of halogens is 1. The number of fused-ring (bicyclic) bond motifs is 6. The molecular weight excluding hydrogens is 489 g/mol. The highest BCUT2D eigenvalue weighted by atomic mass is 32.2. The van der Waals surface area contributed by atoms with E-state index in [1.807, 2.05) is 49.6 Å². The maximum atomic E-state index is 16.4. The second-order valence-corrected chi connectivity index (χ2v) is 10.8. The minimum absolute atomic E-state index is 0.262. The molecule has 37 heavy (non-hydrogen) atoms. The molecule has 1 saturated heterocycles. The SMILES string of the molecule is CSc1nc2c3cnc(c(F)c3n1)-c1cccc3cccc(c13)CCCOC(=O)N[C@]1(C)CCCN2C1. The van der Waals surface area contributed by atoms with E-state index in [1.54, 1.807) is 6.20 Å². The molecule has 1 N–H and O–H groups in total. The number of anilines is 1. The third-order valence-corrected chi connectivity index (χ3v) is 7.84. The van der Waals surface area contributed by atoms with Crippen molar-refractivity contribution in [3.05, 3.63) is 54.0 Å². The summed E-state index contributed by atoms with van der Waals surface area (Å²) in [6.45, 7) is 3.58. The van der Waals surface area contributed by atoms with Crippen molar-refractivity contribution < 1.29 is 13.9 Å². The lowest BCUT2D eigenvalue weighted by Crippen LogP contribution is -2.57. The van der Waals surface area contributed by atoms with E-state index in [1.165, 1.54) is 11.8 Å². The van der Waals surface area contributed by atoms with Crippen molar-refractivity contribution in [3.8, 4) is 11.3 Å². The van der Waals surface area contributed by atoms with Gasteiger partial charge in [-0.1, -0.05) is 48.2 Å². The molecule has 2 aromatic heterocycles. The van der Waals surface area contributed by atoms with E-state index in [9.17, 15) is 4.79 Å². The molecule has 3 aliphatic heterocycles. The molecule has 1 atom stereocenters. The summed E-state index contributed by atoms with van der Waals surface area (Å²) in [7, 11) is 0. The molecule has 9 heteroatoms. The molecule has 7 nitrogen and oxygen atoms in total. The van der Waals surface area contributed by atoms with E-state index in [2.05, 4.69) is 20.2 Å². The Balaban J connectivity index is 1.61. The molecule has 190 valence electrons. The first kappa shape index (κ1) is 23.9. The molecule has 4 aromatic rings. The zero-order valence-electron chi connectivity index (χ0n) is 20.9. The minimum atomic E-state index is -0.506. The number of pyridine rings is 1. The zero-order valence-corrected chi connectivity index (χ0v) is 21.7. The largest absolute Gasteiger partial charge is 0.450 e. The summed E-state index contributed by atoms with van der Waals surface area (Å²) in [4.78, 5) is 28.8. The number of thioether (sulfide) groups is 1. The molecule has 7 rings (SSSR count). The molecule has 0 spiro atoms. The quantitative estimate of drug-likeness (QED) is 0.255. The van der Waals surface area contributed by atoms with E-state index < -0.39 is 17.4 Å².